The van der Waals surface area contributed by atoms with Crippen molar-refractivity contribution >= 4 is 58.5 Å². The third kappa shape index (κ3) is 5.14. The van der Waals surface area contributed by atoms with Crippen LogP contribution in [-0.4, -0.2) is 10.2 Å². The molecule has 0 saturated heterocycles. The second-order valence-corrected chi connectivity index (χ2v) is 8.70. The maximum absolute atomic E-state index is 9.88. The monoisotopic (exact) mass is 452 g/mol. The maximum Gasteiger partial charge on any atom is 0.152 e. The Hall–Kier alpha value is -1.86. The van der Waals surface area contributed by atoms with Crippen LogP contribution in [0.5, 0.6) is 11.5 Å². The Balaban J connectivity index is 1.64. The van der Waals surface area contributed by atoms with Gasteiger partial charge in [0.15, 0.2) is 5.75 Å². The summed E-state index contributed by atoms with van der Waals surface area (Å²) < 4.78 is 6.48. The van der Waals surface area contributed by atoms with Gasteiger partial charge in [-0.2, -0.15) is 0 Å². The quantitative estimate of drug-likeness (QED) is 0.233. The van der Waals surface area contributed by atoms with Crippen molar-refractivity contribution in [1.29, 1.82) is 0 Å². The molecule has 0 heterocycles. The van der Waals surface area contributed by atoms with Gasteiger partial charge >= 0.3 is 0 Å². The number of aromatic hydroxyl groups is 2. The first-order valence-corrected chi connectivity index (χ1v) is 10.7. The van der Waals surface area contributed by atoms with Gasteiger partial charge in [0.25, 0.3) is 0 Å². The number of aryl methyl sites for hydroxylation is 2. The molecule has 0 spiro atoms. The number of nitrogens with one attached hydrogen (secondary N) is 2. The standard InChI is InChI=1S/C20H18Cl2N2O2S2/c1-11-6-13(7-12(2)19(11)25)23-27-15-4-3-5-16(10-15)28-24-14-8-17(21)20(26)18(22)9-14/h3-10,23-26H,1-2H3. The molecule has 0 radical (unpaired) electrons. The van der Waals surface area contributed by atoms with Crippen LogP contribution in [0.3, 0.4) is 0 Å². The number of hydrogen-bond donors (Lipinski definition) is 4. The van der Waals surface area contributed by atoms with Crippen LogP contribution in [0.25, 0.3) is 0 Å². The molecule has 0 aliphatic heterocycles. The highest BCUT2D eigenvalue weighted by Crippen LogP contribution is 2.36. The van der Waals surface area contributed by atoms with Crippen LogP contribution >= 0.6 is 47.1 Å². The molecule has 0 unspecified atom stereocenters. The molecule has 8 heteroatoms. The van der Waals surface area contributed by atoms with Crippen LogP contribution in [0.1, 0.15) is 11.1 Å². The molecular formula is C20H18Cl2N2O2S2. The highest BCUT2D eigenvalue weighted by Gasteiger charge is 2.08. The second kappa shape index (κ2) is 9.09. The fraction of sp³-hybridized carbons (Fsp3) is 0.100. The van der Waals surface area contributed by atoms with Gasteiger partial charge in [0, 0.05) is 21.2 Å². The number of phenolic OH excluding ortho intramolecular Hbond substituents is 2. The van der Waals surface area contributed by atoms with Gasteiger partial charge in [0.2, 0.25) is 0 Å². The topological polar surface area (TPSA) is 64.5 Å². The van der Waals surface area contributed by atoms with Gasteiger partial charge < -0.3 is 19.7 Å². The first kappa shape index (κ1) is 20.9. The number of benzene rings is 3. The summed E-state index contributed by atoms with van der Waals surface area (Å²) in [6.07, 6.45) is 0. The lowest BCUT2D eigenvalue weighted by Crippen LogP contribution is -1.91. The zero-order chi connectivity index (χ0) is 20.3. The van der Waals surface area contributed by atoms with Crippen molar-refractivity contribution in [2.24, 2.45) is 0 Å². The lowest BCUT2D eigenvalue weighted by molar-refractivity contribution is 0.467. The zero-order valence-electron chi connectivity index (χ0n) is 15.1. The Morgan fingerprint density at radius 1 is 0.714 bits per heavy atom. The number of halogens is 2. The third-order valence-electron chi connectivity index (χ3n) is 3.89. The molecule has 0 saturated carbocycles. The van der Waals surface area contributed by atoms with E-state index in [4.69, 9.17) is 23.2 Å². The fourth-order valence-electron chi connectivity index (χ4n) is 2.48. The van der Waals surface area contributed by atoms with E-state index in [9.17, 15) is 10.2 Å². The summed E-state index contributed by atoms with van der Waals surface area (Å²) in [5.74, 6) is 0.206. The second-order valence-electron chi connectivity index (χ2n) is 6.13. The number of hydrogen-bond acceptors (Lipinski definition) is 6. The summed E-state index contributed by atoms with van der Waals surface area (Å²) in [7, 11) is 0. The average molecular weight is 453 g/mol. The minimum atomic E-state index is -0.122. The molecule has 0 aliphatic rings. The van der Waals surface area contributed by atoms with Gasteiger partial charge in [0.1, 0.15) is 5.75 Å². The number of phenols is 2. The minimum Gasteiger partial charge on any atom is -0.507 e. The van der Waals surface area contributed by atoms with Gasteiger partial charge in [-0.15, -0.1) is 0 Å². The van der Waals surface area contributed by atoms with Gasteiger partial charge in [-0.25, -0.2) is 0 Å². The summed E-state index contributed by atoms with van der Waals surface area (Å²) in [6.45, 7) is 3.76. The molecule has 4 nitrogen and oxygen atoms in total. The van der Waals surface area contributed by atoms with Crippen LogP contribution in [0.2, 0.25) is 10.0 Å². The molecule has 3 aromatic carbocycles. The molecule has 0 amide bonds. The third-order valence-corrected chi connectivity index (χ3v) is 6.12. The van der Waals surface area contributed by atoms with E-state index in [1.807, 2.05) is 50.2 Å². The SMILES string of the molecule is Cc1cc(NSc2cccc(SNc3cc(Cl)c(O)c(Cl)c3)c2)cc(C)c1O. The summed E-state index contributed by atoms with van der Waals surface area (Å²) in [4.78, 5) is 2.04. The molecule has 0 aromatic heterocycles. The van der Waals surface area contributed by atoms with E-state index in [1.54, 1.807) is 12.1 Å². The normalized spacial score (nSPS) is 10.7. The van der Waals surface area contributed by atoms with E-state index < -0.39 is 0 Å². The number of rotatable bonds is 6. The van der Waals surface area contributed by atoms with E-state index in [-0.39, 0.29) is 15.8 Å². The van der Waals surface area contributed by atoms with Crippen molar-refractivity contribution in [3.05, 3.63) is 69.7 Å². The smallest absolute Gasteiger partial charge is 0.152 e. The van der Waals surface area contributed by atoms with Crippen LogP contribution in [0, 0.1) is 13.8 Å². The molecule has 146 valence electrons. The van der Waals surface area contributed by atoms with Crippen molar-refractivity contribution in [2.75, 3.05) is 9.44 Å². The highest BCUT2D eigenvalue weighted by molar-refractivity contribution is 8.01. The van der Waals surface area contributed by atoms with E-state index in [2.05, 4.69) is 9.44 Å². The van der Waals surface area contributed by atoms with Crippen molar-refractivity contribution < 1.29 is 10.2 Å². The lowest BCUT2D eigenvalue weighted by atomic mass is 10.1. The van der Waals surface area contributed by atoms with Crippen molar-refractivity contribution in [2.45, 2.75) is 23.6 Å². The molecule has 3 aromatic rings. The number of anilines is 2. The molecule has 28 heavy (non-hydrogen) atoms. The molecule has 0 aliphatic carbocycles. The lowest BCUT2D eigenvalue weighted by Gasteiger charge is -2.11. The Bertz CT molecular complexity index is 892. The van der Waals surface area contributed by atoms with Crippen LogP contribution < -0.4 is 9.44 Å². The summed E-state index contributed by atoms with van der Waals surface area (Å²) in [5, 5.41) is 19.9. The Labute approximate surface area is 182 Å². The summed E-state index contributed by atoms with van der Waals surface area (Å²) in [6, 6.07) is 15.1. The molecular weight excluding hydrogens is 435 g/mol. The Morgan fingerprint density at radius 3 is 1.68 bits per heavy atom. The predicted molar refractivity (Wildman–Crippen MR) is 121 cm³/mol. The van der Waals surface area contributed by atoms with E-state index in [1.165, 1.54) is 23.9 Å². The first-order chi connectivity index (χ1) is 13.3. The largest absolute Gasteiger partial charge is 0.507 e. The van der Waals surface area contributed by atoms with E-state index >= 15 is 0 Å². The Morgan fingerprint density at radius 2 is 1.18 bits per heavy atom. The highest BCUT2D eigenvalue weighted by atomic mass is 35.5. The van der Waals surface area contributed by atoms with Crippen LogP contribution in [0.4, 0.5) is 11.4 Å². The van der Waals surface area contributed by atoms with E-state index in [0.29, 0.717) is 11.4 Å². The molecule has 0 bridgehead atoms. The van der Waals surface area contributed by atoms with Gasteiger partial charge in [0.05, 0.1) is 10.0 Å². The van der Waals surface area contributed by atoms with Crippen LogP contribution in [0.15, 0.2) is 58.3 Å². The zero-order valence-corrected chi connectivity index (χ0v) is 18.2. The van der Waals surface area contributed by atoms with Crippen LogP contribution in [-0.2, 0) is 0 Å². The van der Waals surface area contributed by atoms with Gasteiger partial charge in [-0.3, -0.25) is 0 Å². The Kier molecular flexibility index (Phi) is 6.78. The summed E-state index contributed by atoms with van der Waals surface area (Å²) >= 11 is 14.8. The molecule has 4 N–H and O–H groups in total. The first-order valence-electron chi connectivity index (χ1n) is 8.27. The average Bonchev–Trinajstić information content (AvgIpc) is 2.67. The predicted octanol–water partition coefficient (Wildman–Crippen LogP) is 7.26. The van der Waals surface area contributed by atoms with Crippen molar-refractivity contribution in [3.8, 4) is 11.5 Å². The van der Waals surface area contributed by atoms with Gasteiger partial charge in [-0.1, -0.05) is 29.3 Å². The maximum atomic E-state index is 9.88. The summed E-state index contributed by atoms with van der Waals surface area (Å²) in [5.41, 5.74) is 3.30. The van der Waals surface area contributed by atoms with Crippen molar-refractivity contribution in [1.82, 2.24) is 0 Å². The fourth-order valence-corrected chi connectivity index (χ4v) is 4.41. The van der Waals surface area contributed by atoms with E-state index in [0.717, 1.165) is 26.6 Å². The van der Waals surface area contributed by atoms with Crippen molar-refractivity contribution in [3.63, 3.8) is 0 Å². The molecule has 3 rings (SSSR count). The van der Waals surface area contributed by atoms with Gasteiger partial charge in [-0.05, 0) is 91.3 Å². The minimum absolute atomic E-state index is 0.122. The molecule has 0 fully saturated rings. The molecule has 0 atom stereocenters.